The Hall–Kier alpha value is -1.87. The Morgan fingerprint density at radius 2 is 1.84 bits per heavy atom. The van der Waals surface area contributed by atoms with Crippen LogP contribution in [0.15, 0.2) is 30.3 Å². The molecule has 2 heterocycles. The van der Waals surface area contributed by atoms with E-state index in [2.05, 4.69) is 34.3 Å². The summed E-state index contributed by atoms with van der Waals surface area (Å²) in [7, 11) is 0. The molecule has 0 saturated carbocycles. The van der Waals surface area contributed by atoms with E-state index in [4.69, 9.17) is 11.6 Å². The lowest BCUT2D eigenvalue weighted by atomic mass is 10.1. The SMILES string of the molecule is Cc1cc(C)n2c(C)c(-c3cccc(Cl)c3)nc2n1. The zero-order chi connectivity index (χ0) is 13.6. The van der Waals surface area contributed by atoms with Crippen molar-refractivity contribution in [1.29, 1.82) is 0 Å². The molecule has 0 atom stereocenters. The Balaban J connectivity index is 2.31. The van der Waals surface area contributed by atoms with Crippen LogP contribution < -0.4 is 0 Å². The monoisotopic (exact) mass is 271 g/mol. The van der Waals surface area contributed by atoms with Gasteiger partial charge in [-0.1, -0.05) is 23.7 Å². The van der Waals surface area contributed by atoms with Crippen molar-refractivity contribution in [2.45, 2.75) is 20.8 Å². The van der Waals surface area contributed by atoms with Crippen molar-refractivity contribution in [1.82, 2.24) is 14.4 Å². The minimum absolute atomic E-state index is 0.717. The number of aryl methyl sites for hydroxylation is 3. The highest BCUT2D eigenvalue weighted by Crippen LogP contribution is 2.26. The normalized spacial score (nSPS) is 11.2. The van der Waals surface area contributed by atoms with Crippen LogP contribution in [0.5, 0.6) is 0 Å². The van der Waals surface area contributed by atoms with Gasteiger partial charge in [-0.2, -0.15) is 0 Å². The molecule has 0 aliphatic carbocycles. The summed E-state index contributed by atoms with van der Waals surface area (Å²) in [5.74, 6) is 0.741. The quantitative estimate of drug-likeness (QED) is 0.670. The van der Waals surface area contributed by atoms with E-state index in [9.17, 15) is 0 Å². The minimum Gasteiger partial charge on any atom is -0.285 e. The molecule has 3 aromatic rings. The van der Waals surface area contributed by atoms with Crippen molar-refractivity contribution in [3.8, 4) is 11.3 Å². The number of aromatic nitrogens is 3. The molecule has 3 rings (SSSR count). The second-order valence-corrected chi connectivity index (χ2v) is 5.17. The van der Waals surface area contributed by atoms with Crippen LogP contribution in [0.4, 0.5) is 0 Å². The van der Waals surface area contributed by atoms with E-state index in [1.54, 1.807) is 0 Å². The highest BCUT2D eigenvalue weighted by molar-refractivity contribution is 6.30. The number of nitrogens with zero attached hydrogens (tertiary/aromatic N) is 3. The fourth-order valence-electron chi connectivity index (χ4n) is 2.45. The molecular formula is C15H14ClN3. The molecule has 0 aliphatic heterocycles. The van der Waals surface area contributed by atoms with E-state index >= 15 is 0 Å². The molecule has 0 radical (unpaired) electrons. The van der Waals surface area contributed by atoms with Crippen LogP contribution in [-0.2, 0) is 0 Å². The smallest absolute Gasteiger partial charge is 0.234 e. The van der Waals surface area contributed by atoms with E-state index in [0.717, 1.165) is 39.1 Å². The molecule has 3 nitrogen and oxygen atoms in total. The van der Waals surface area contributed by atoms with Crippen LogP contribution in [0.25, 0.3) is 17.0 Å². The number of benzene rings is 1. The number of imidazole rings is 1. The van der Waals surface area contributed by atoms with Crippen LogP contribution in [0, 0.1) is 20.8 Å². The van der Waals surface area contributed by atoms with Gasteiger partial charge in [0.15, 0.2) is 0 Å². The highest BCUT2D eigenvalue weighted by atomic mass is 35.5. The van der Waals surface area contributed by atoms with Crippen LogP contribution in [-0.4, -0.2) is 14.4 Å². The van der Waals surface area contributed by atoms with Gasteiger partial charge in [0, 0.05) is 27.7 Å². The molecule has 0 amide bonds. The van der Waals surface area contributed by atoms with E-state index in [1.165, 1.54) is 0 Å². The van der Waals surface area contributed by atoms with Crippen molar-refractivity contribution < 1.29 is 0 Å². The zero-order valence-corrected chi connectivity index (χ0v) is 11.9. The maximum Gasteiger partial charge on any atom is 0.234 e. The van der Waals surface area contributed by atoms with Crippen LogP contribution in [0.3, 0.4) is 0 Å². The lowest BCUT2D eigenvalue weighted by Crippen LogP contribution is -1.97. The third kappa shape index (κ3) is 2.00. The molecule has 96 valence electrons. The van der Waals surface area contributed by atoms with Gasteiger partial charge in [-0.05, 0) is 39.0 Å². The first-order valence-corrected chi connectivity index (χ1v) is 6.53. The average molecular weight is 272 g/mol. The van der Waals surface area contributed by atoms with Gasteiger partial charge in [-0.15, -0.1) is 0 Å². The zero-order valence-electron chi connectivity index (χ0n) is 11.1. The Morgan fingerprint density at radius 1 is 1.05 bits per heavy atom. The fraction of sp³-hybridized carbons (Fsp3) is 0.200. The van der Waals surface area contributed by atoms with E-state index < -0.39 is 0 Å². The third-order valence-corrected chi connectivity index (χ3v) is 3.47. The molecule has 19 heavy (non-hydrogen) atoms. The lowest BCUT2D eigenvalue weighted by molar-refractivity contribution is 0.982. The summed E-state index contributed by atoms with van der Waals surface area (Å²) < 4.78 is 2.07. The standard InChI is InChI=1S/C15H14ClN3/c1-9-7-10(2)19-11(3)14(18-15(19)17-9)12-5-4-6-13(16)8-12/h4-8H,1-3H3. The van der Waals surface area contributed by atoms with Gasteiger partial charge in [0.1, 0.15) is 0 Å². The van der Waals surface area contributed by atoms with Crippen molar-refractivity contribution in [3.05, 3.63) is 52.4 Å². The fourth-order valence-corrected chi connectivity index (χ4v) is 2.64. The second kappa shape index (κ2) is 4.35. The van der Waals surface area contributed by atoms with E-state index in [0.29, 0.717) is 0 Å². The predicted molar refractivity (Wildman–Crippen MR) is 77.6 cm³/mol. The molecule has 0 saturated heterocycles. The molecule has 0 spiro atoms. The van der Waals surface area contributed by atoms with E-state index in [1.807, 2.05) is 31.2 Å². The Morgan fingerprint density at radius 3 is 2.58 bits per heavy atom. The molecule has 4 heteroatoms. The molecule has 0 fully saturated rings. The van der Waals surface area contributed by atoms with Crippen molar-refractivity contribution in [3.63, 3.8) is 0 Å². The van der Waals surface area contributed by atoms with Gasteiger partial charge < -0.3 is 0 Å². The first-order valence-electron chi connectivity index (χ1n) is 6.15. The summed E-state index contributed by atoms with van der Waals surface area (Å²) in [6.07, 6.45) is 0. The van der Waals surface area contributed by atoms with Crippen LogP contribution in [0.2, 0.25) is 5.02 Å². The van der Waals surface area contributed by atoms with E-state index in [-0.39, 0.29) is 0 Å². The molecule has 0 unspecified atom stereocenters. The summed E-state index contributed by atoms with van der Waals surface area (Å²) in [5.41, 5.74) is 5.16. The number of halogens is 1. The van der Waals surface area contributed by atoms with Crippen molar-refractivity contribution in [2.75, 3.05) is 0 Å². The Labute approximate surface area is 116 Å². The first kappa shape index (κ1) is 12.2. The summed E-state index contributed by atoms with van der Waals surface area (Å²) in [6, 6.07) is 9.81. The van der Waals surface area contributed by atoms with Crippen molar-refractivity contribution in [2.24, 2.45) is 0 Å². The van der Waals surface area contributed by atoms with Gasteiger partial charge in [-0.3, -0.25) is 4.40 Å². The van der Waals surface area contributed by atoms with Crippen LogP contribution >= 0.6 is 11.6 Å². The number of fused-ring (bicyclic) bond motifs is 1. The lowest BCUT2D eigenvalue weighted by Gasteiger charge is -2.03. The third-order valence-electron chi connectivity index (χ3n) is 3.23. The molecule has 0 aliphatic rings. The summed E-state index contributed by atoms with van der Waals surface area (Å²) in [6.45, 7) is 6.11. The molecule has 2 aromatic heterocycles. The summed E-state index contributed by atoms with van der Waals surface area (Å²) in [5, 5.41) is 0.717. The maximum atomic E-state index is 6.05. The minimum atomic E-state index is 0.717. The van der Waals surface area contributed by atoms with Crippen molar-refractivity contribution >= 4 is 17.4 Å². The molecule has 0 bridgehead atoms. The summed E-state index contributed by atoms with van der Waals surface area (Å²) >= 11 is 6.05. The number of hydrogen-bond donors (Lipinski definition) is 0. The highest BCUT2D eigenvalue weighted by Gasteiger charge is 2.13. The largest absolute Gasteiger partial charge is 0.285 e. The van der Waals surface area contributed by atoms with Gasteiger partial charge in [0.05, 0.1) is 5.69 Å². The summed E-state index contributed by atoms with van der Waals surface area (Å²) in [4.78, 5) is 9.12. The second-order valence-electron chi connectivity index (χ2n) is 4.73. The molecular weight excluding hydrogens is 258 g/mol. The topological polar surface area (TPSA) is 30.2 Å². The maximum absolute atomic E-state index is 6.05. The number of hydrogen-bond acceptors (Lipinski definition) is 2. The Kier molecular flexibility index (Phi) is 2.79. The van der Waals surface area contributed by atoms with Gasteiger partial charge in [0.2, 0.25) is 5.78 Å². The Bertz CT molecular complexity index is 774. The van der Waals surface area contributed by atoms with Gasteiger partial charge in [-0.25, -0.2) is 9.97 Å². The first-order chi connectivity index (χ1) is 9.06. The average Bonchev–Trinajstić information content (AvgIpc) is 2.66. The predicted octanol–water partition coefficient (Wildman–Crippen LogP) is 3.97. The number of rotatable bonds is 1. The van der Waals surface area contributed by atoms with Gasteiger partial charge in [0.25, 0.3) is 0 Å². The molecule has 1 aromatic carbocycles. The molecule has 0 N–H and O–H groups in total. The van der Waals surface area contributed by atoms with Gasteiger partial charge >= 0.3 is 0 Å². The van der Waals surface area contributed by atoms with Crippen LogP contribution in [0.1, 0.15) is 17.1 Å².